The molecule has 26 heavy (non-hydrogen) atoms. The number of hydrogen-bond acceptors (Lipinski definition) is 4. The van der Waals surface area contributed by atoms with E-state index in [-0.39, 0.29) is 16.7 Å². The van der Waals surface area contributed by atoms with Gasteiger partial charge in [-0.1, -0.05) is 17.8 Å². The highest BCUT2D eigenvalue weighted by Crippen LogP contribution is 2.35. The van der Waals surface area contributed by atoms with E-state index >= 15 is 0 Å². The van der Waals surface area contributed by atoms with Crippen molar-refractivity contribution in [2.75, 3.05) is 18.1 Å². The van der Waals surface area contributed by atoms with Gasteiger partial charge >= 0.3 is 0 Å². The maximum atomic E-state index is 13.3. The minimum absolute atomic E-state index is 0.0590. The zero-order chi connectivity index (χ0) is 19.7. The average molecular weight is 408 g/mol. The lowest BCUT2D eigenvalue weighted by Crippen LogP contribution is -2.38. The monoisotopic (exact) mass is 408 g/mol. The van der Waals surface area contributed by atoms with E-state index in [0.717, 1.165) is 53.4 Å². The van der Waals surface area contributed by atoms with Crippen molar-refractivity contribution in [1.82, 2.24) is 4.90 Å². The topological polar surface area (TPSA) is 32.7 Å². The molecule has 0 atom stereocenters. The quantitative estimate of drug-likeness (QED) is 0.475. The lowest BCUT2D eigenvalue weighted by molar-refractivity contribution is -0.127. The van der Waals surface area contributed by atoms with Crippen molar-refractivity contribution in [3.8, 4) is 0 Å². The first-order valence-corrected chi connectivity index (χ1v) is 9.84. The number of halogens is 4. The molecule has 0 unspecified atom stereocenters. The van der Waals surface area contributed by atoms with Gasteiger partial charge in [-0.25, -0.2) is 22.6 Å². The van der Waals surface area contributed by atoms with Gasteiger partial charge in [0.15, 0.2) is 5.17 Å². The molecule has 1 aromatic carbocycles. The van der Waals surface area contributed by atoms with Gasteiger partial charge in [-0.3, -0.25) is 9.69 Å². The number of alkyl halides is 4. The summed E-state index contributed by atoms with van der Waals surface area (Å²) in [5.41, 5.74) is 2.11. The number of benzene rings is 1. The van der Waals surface area contributed by atoms with Gasteiger partial charge in [0, 0.05) is 18.7 Å². The molecule has 144 valence electrons. The molecule has 3 nitrogen and oxygen atoms in total. The fourth-order valence-corrected chi connectivity index (χ4v) is 4.10. The third kappa shape index (κ3) is 5.90. The predicted octanol–water partition coefficient (Wildman–Crippen LogP) is 5.27. The summed E-state index contributed by atoms with van der Waals surface area (Å²) < 4.78 is 52.9. The van der Waals surface area contributed by atoms with E-state index in [2.05, 4.69) is 4.99 Å². The van der Waals surface area contributed by atoms with Crippen molar-refractivity contribution >= 4 is 40.3 Å². The lowest BCUT2D eigenvalue weighted by Gasteiger charge is -2.20. The fourth-order valence-electron chi connectivity index (χ4n) is 2.32. The summed E-state index contributed by atoms with van der Waals surface area (Å²) >= 11 is 2.12. The Hall–Kier alpha value is -1.22. The standard InChI is InChI=1S/C17H20F4N2OS2/c1-10-5-11(2)13(26-9-17(4,20)21)6-12(10)22-15-23(8-16(3,18)19)14(24)7-25-15/h5-6H,7-9H2,1-4H3/b22-15-. The van der Waals surface area contributed by atoms with Crippen LogP contribution in [0, 0.1) is 13.8 Å². The second-order valence-corrected chi connectivity index (χ2v) is 8.46. The minimum atomic E-state index is -3.03. The van der Waals surface area contributed by atoms with Crippen molar-refractivity contribution in [3.05, 3.63) is 23.3 Å². The number of nitrogens with zero attached hydrogens (tertiary/aromatic N) is 2. The summed E-state index contributed by atoms with van der Waals surface area (Å²) in [6, 6.07) is 3.48. The normalized spacial score (nSPS) is 17.5. The summed E-state index contributed by atoms with van der Waals surface area (Å²) in [6.07, 6.45) is 0. The van der Waals surface area contributed by atoms with E-state index < -0.39 is 24.3 Å². The molecule has 9 heteroatoms. The SMILES string of the molecule is Cc1cc(C)c(SCC(C)(F)F)cc1/N=C1\SCC(=O)N1CC(C)(F)F. The Morgan fingerprint density at radius 1 is 1.15 bits per heavy atom. The van der Waals surface area contributed by atoms with E-state index in [4.69, 9.17) is 0 Å². The molecule has 1 fully saturated rings. The molecule has 1 aromatic rings. The molecular weight excluding hydrogens is 388 g/mol. The molecule has 1 heterocycles. The van der Waals surface area contributed by atoms with Crippen LogP contribution < -0.4 is 0 Å². The van der Waals surface area contributed by atoms with Crippen LogP contribution in [0.3, 0.4) is 0 Å². The van der Waals surface area contributed by atoms with E-state index in [1.54, 1.807) is 13.0 Å². The van der Waals surface area contributed by atoms with Gasteiger partial charge in [-0.2, -0.15) is 0 Å². The average Bonchev–Trinajstić information content (AvgIpc) is 2.79. The van der Waals surface area contributed by atoms with Crippen LogP contribution in [0.4, 0.5) is 23.2 Å². The van der Waals surface area contributed by atoms with Gasteiger partial charge in [0.05, 0.1) is 23.7 Å². The third-order valence-electron chi connectivity index (χ3n) is 3.48. The number of thioether (sulfide) groups is 2. The maximum absolute atomic E-state index is 13.3. The molecule has 0 bridgehead atoms. The number of aryl methyl sites for hydroxylation is 2. The Morgan fingerprint density at radius 2 is 1.81 bits per heavy atom. The number of rotatable bonds is 6. The molecule has 1 saturated heterocycles. The van der Waals surface area contributed by atoms with Crippen LogP contribution in [0.1, 0.15) is 25.0 Å². The van der Waals surface area contributed by atoms with Crippen LogP contribution in [0.15, 0.2) is 22.0 Å². The van der Waals surface area contributed by atoms with E-state index in [1.807, 2.05) is 13.0 Å². The Bertz CT molecular complexity index is 727. The van der Waals surface area contributed by atoms with Gasteiger partial charge < -0.3 is 0 Å². The van der Waals surface area contributed by atoms with E-state index in [0.29, 0.717) is 10.6 Å². The van der Waals surface area contributed by atoms with Crippen molar-refractivity contribution in [3.63, 3.8) is 0 Å². The zero-order valence-electron chi connectivity index (χ0n) is 14.9. The number of aliphatic imine (C=N–C) groups is 1. The molecule has 0 spiro atoms. The third-order valence-corrected chi connectivity index (χ3v) is 5.85. The maximum Gasteiger partial charge on any atom is 0.263 e. The second-order valence-electron chi connectivity index (χ2n) is 6.50. The highest BCUT2D eigenvalue weighted by Gasteiger charge is 2.35. The largest absolute Gasteiger partial charge is 0.284 e. The Balaban J connectivity index is 2.32. The molecule has 1 amide bonds. The number of carbonyl (C=O) groups is 1. The summed E-state index contributed by atoms with van der Waals surface area (Å²) in [5.74, 6) is -6.55. The zero-order valence-corrected chi connectivity index (χ0v) is 16.5. The van der Waals surface area contributed by atoms with Crippen LogP contribution in [-0.2, 0) is 4.79 Å². The van der Waals surface area contributed by atoms with Crippen LogP contribution in [0.2, 0.25) is 0 Å². The van der Waals surface area contributed by atoms with Crippen LogP contribution >= 0.6 is 23.5 Å². The lowest BCUT2D eigenvalue weighted by atomic mass is 10.1. The summed E-state index contributed by atoms with van der Waals surface area (Å²) in [4.78, 5) is 17.9. The molecule has 0 saturated carbocycles. The van der Waals surface area contributed by atoms with Gasteiger partial charge in [-0.05, 0) is 31.0 Å². The second kappa shape index (κ2) is 7.80. The van der Waals surface area contributed by atoms with Crippen molar-refractivity contribution in [2.45, 2.75) is 44.4 Å². The highest BCUT2D eigenvalue weighted by atomic mass is 32.2. The Labute approximate surface area is 158 Å². The van der Waals surface area contributed by atoms with Crippen molar-refractivity contribution in [2.24, 2.45) is 4.99 Å². The van der Waals surface area contributed by atoms with Crippen LogP contribution in [0.25, 0.3) is 0 Å². The first kappa shape index (κ1) is 21.1. The first-order valence-electron chi connectivity index (χ1n) is 7.87. The number of amides is 1. The molecule has 0 N–H and O–H groups in total. The molecule has 2 rings (SSSR count). The summed E-state index contributed by atoms with van der Waals surface area (Å²) in [6.45, 7) is 4.49. The van der Waals surface area contributed by atoms with Gasteiger partial charge in [0.25, 0.3) is 11.8 Å². The highest BCUT2D eigenvalue weighted by molar-refractivity contribution is 8.15. The van der Waals surface area contributed by atoms with Crippen molar-refractivity contribution < 1.29 is 22.4 Å². The van der Waals surface area contributed by atoms with Crippen molar-refractivity contribution in [1.29, 1.82) is 0 Å². The number of amidine groups is 1. The fraction of sp³-hybridized carbons (Fsp3) is 0.529. The molecule has 0 aliphatic carbocycles. The van der Waals surface area contributed by atoms with E-state index in [1.165, 1.54) is 0 Å². The van der Waals surface area contributed by atoms with Gasteiger partial charge in [0.1, 0.15) is 0 Å². The van der Waals surface area contributed by atoms with E-state index in [9.17, 15) is 22.4 Å². The van der Waals surface area contributed by atoms with Crippen LogP contribution in [-0.4, -0.2) is 45.9 Å². The van der Waals surface area contributed by atoms with Gasteiger partial charge in [0.2, 0.25) is 5.91 Å². The Morgan fingerprint density at radius 3 is 2.38 bits per heavy atom. The molecule has 0 aromatic heterocycles. The smallest absolute Gasteiger partial charge is 0.263 e. The predicted molar refractivity (Wildman–Crippen MR) is 99.1 cm³/mol. The number of carbonyl (C=O) groups excluding carboxylic acids is 1. The Kier molecular flexibility index (Phi) is 6.32. The molecule has 0 radical (unpaired) electrons. The summed E-state index contributed by atoms with van der Waals surface area (Å²) in [5, 5.41) is 0.209. The molecule has 1 aliphatic heterocycles. The molecule has 1 aliphatic rings. The van der Waals surface area contributed by atoms with Gasteiger partial charge in [-0.15, -0.1) is 11.8 Å². The first-order chi connectivity index (χ1) is 11.9. The number of hydrogen-bond donors (Lipinski definition) is 0. The summed E-state index contributed by atoms with van der Waals surface area (Å²) in [7, 11) is 0. The minimum Gasteiger partial charge on any atom is -0.284 e. The molecular formula is C17H20F4N2OS2. The van der Waals surface area contributed by atoms with Crippen LogP contribution in [0.5, 0.6) is 0 Å².